The second-order valence-electron chi connectivity index (χ2n) is 10.7. The average Bonchev–Trinajstić information content (AvgIpc) is 3.02. The SMILES string of the molecule is OC1(c2ccc3ccccc3c2)c2ccccc2C(O)(c2ccc3ccccc3c2)c2c1cnc1ccccc21. The second kappa shape index (κ2) is 8.33. The molecule has 40 heavy (non-hydrogen) atoms. The van der Waals surface area contributed by atoms with Crippen LogP contribution in [0.3, 0.4) is 0 Å². The van der Waals surface area contributed by atoms with Crippen molar-refractivity contribution >= 4 is 32.4 Å². The molecular weight excluding hydrogens is 490 g/mol. The maximum atomic E-state index is 13.1. The maximum Gasteiger partial charge on any atom is 0.142 e. The van der Waals surface area contributed by atoms with E-state index in [9.17, 15) is 10.2 Å². The molecule has 8 rings (SSSR count). The minimum Gasteiger partial charge on any atom is -0.376 e. The number of nitrogens with zero attached hydrogens (tertiary/aromatic N) is 1. The van der Waals surface area contributed by atoms with E-state index in [1.54, 1.807) is 6.20 Å². The molecule has 1 aliphatic carbocycles. The van der Waals surface area contributed by atoms with Gasteiger partial charge in [0.2, 0.25) is 0 Å². The van der Waals surface area contributed by atoms with Crippen LogP contribution in [0.5, 0.6) is 0 Å². The summed E-state index contributed by atoms with van der Waals surface area (Å²) in [6, 6.07) is 44.1. The van der Waals surface area contributed by atoms with Crippen LogP contribution < -0.4 is 0 Å². The van der Waals surface area contributed by atoms with Gasteiger partial charge in [0.05, 0.1) is 5.52 Å². The van der Waals surface area contributed by atoms with E-state index < -0.39 is 11.2 Å². The predicted molar refractivity (Wildman–Crippen MR) is 160 cm³/mol. The number of rotatable bonds is 2. The normalized spacial score (nSPS) is 19.9. The molecule has 190 valence electrons. The molecule has 7 aromatic rings. The summed E-state index contributed by atoms with van der Waals surface area (Å²) < 4.78 is 0. The smallest absolute Gasteiger partial charge is 0.142 e. The molecule has 2 unspecified atom stereocenters. The largest absolute Gasteiger partial charge is 0.376 e. The van der Waals surface area contributed by atoms with Gasteiger partial charge in [0.1, 0.15) is 11.2 Å². The van der Waals surface area contributed by atoms with Gasteiger partial charge >= 0.3 is 0 Å². The molecule has 0 saturated carbocycles. The van der Waals surface area contributed by atoms with Crippen LogP contribution in [0.1, 0.15) is 33.4 Å². The van der Waals surface area contributed by atoms with E-state index in [-0.39, 0.29) is 0 Å². The highest BCUT2D eigenvalue weighted by atomic mass is 16.3. The summed E-state index contributed by atoms with van der Waals surface area (Å²) in [7, 11) is 0. The molecule has 0 spiro atoms. The molecule has 2 N–H and O–H groups in total. The number of hydrogen-bond acceptors (Lipinski definition) is 3. The van der Waals surface area contributed by atoms with Crippen LogP contribution in [-0.2, 0) is 11.2 Å². The van der Waals surface area contributed by atoms with Crippen LogP contribution in [-0.4, -0.2) is 15.2 Å². The zero-order chi connectivity index (χ0) is 26.9. The van der Waals surface area contributed by atoms with Crippen LogP contribution in [0.15, 0.2) is 140 Å². The monoisotopic (exact) mass is 515 g/mol. The van der Waals surface area contributed by atoms with E-state index in [1.807, 2.05) is 97.1 Å². The lowest BCUT2D eigenvalue weighted by atomic mass is 9.63. The first-order valence-electron chi connectivity index (χ1n) is 13.5. The molecule has 0 radical (unpaired) electrons. The summed E-state index contributed by atoms with van der Waals surface area (Å²) in [6.07, 6.45) is 1.74. The number of aliphatic hydroxyl groups is 2. The van der Waals surface area contributed by atoms with E-state index in [1.165, 1.54) is 0 Å². The van der Waals surface area contributed by atoms with E-state index in [0.717, 1.165) is 43.6 Å². The lowest BCUT2D eigenvalue weighted by Gasteiger charge is -2.45. The van der Waals surface area contributed by atoms with Gasteiger partial charge in [-0.15, -0.1) is 0 Å². The van der Waals surface area contributed by atoms with Crippen LogP contribution >= 0.6 is 0 Å². The van der Waals surface area contributed by atoms with Crippen molar-refractivity contribution in [3.63, 3.8) is 0 Å². The molecule has 0 aliphatic heterocycles. The Bertz CT molecular complexity index is 2120. The standard InChI is InChI=1S/C37H25NO2/c39-36(28-19-17-24-9-1-3-11-26(24)21-28)31-14-6-7-15-32(31)37(40,29-20-18-25-10-2-4-12-27(25)22-29)35-30-13-5-8-16-34(30)38-23-33(35)36/h1-23,39-40H. The third-order valence-corrected chi connectivity index (χ3v) is 8.57. The molecule has 0 fully saturated rings. The predicted octanol–water partition coefficient (Wildman–Crippen LogP) is 7.42. The van der Waals surface area contributed by atoms with Crippen LogP contribution in [0.25, 0.3) is 32.4 Å². The first-order valence-corrected chi connectivity index (χ1v) is 13.5. The summed E-state index contributed by atoms with van der Waals surface area (Å²) >= 11 is 0. The number of fused-ring (bicyclic) bond motifs is 6. The minimum atomic E-state index is -1.53. The van der Waals surface area contributed by atoms with Crippen molar-refractivity contribution in [2.24, 2.45) is 0 Å². The van der Waals surface area contributed by atoms with Gasteiger partial charge in [0, 0.05) is 22.7 Å². The molecule has 1 aliphatic rings. The zero-order valence-corrected chi connectivity index (χ0v) is 21.6. The molecule has 0 saturated heterocycles. The van der Waals surface area contributed by atoms with Crippen molar-refractivity contribution in [1.29, 1.82) is 0 Å². The zero-order valence-electron chi connectivity index (χ0n) is 21.6. The fourth-order valence-corrected chi connectivity index (χ4v) is 6.64. The minimum absolute atomic E-state index is 0.579. The van der Waals surface area contributed by atoms with Crippen molar-refractivity contribution in [2.45, 2.75) is 11.2 Å². The first kappa shape index (κ1) is 23.1. The van der Waals surface area contributed by atoms with Gasteiger partial charge in [-0.3, -0.25) is 4.98 Å². The van der Waals surface area contributed by atoms with Gasteiger partial charge < -0.3 is 10.2 Å². The maximum absolute atomic E-state index is 13.1. The van der Waals surface area contributed by atoms with Crippen molar-refractivity contribution < 1.29 is 10.2 Å². The molecule has 0 amide bonds. The van der Waals surface area contributed by atoms with Crippen molar-refractivity contribution in [3.8, 4) is 0 Å². The van der Waals surface area contributed by atoms with Crippen molar-refractivity contribution in [3.05, 3.63) is 173 Å². The molecule has 6 aromatic carbocycles. The summed E-state index contributed by atoms with van der Waals surface area (Å²) in [5.74, 6) is 0. The van der Waals surface area contributed by atoms with E-state index in [4.69, 9.17) is 4.98 Å². The van der Waals surface area contributed by atoms with Crippen molar-refractivity contribution in [2.75, 3.05) is 0 Å². The van der Waals surface area contributed by atoms with Gasteiger partial charge in [-0.2, -0.15) is 0 Å². The Morgan fingerprint density at radius 2 is 0.950 bits per heavy atom. The first-order chi connectivity index (χ1) is 19.6. The van der Waals surface area contributed by atoms with Gasteiger partial charge in [-0.1, -0.05) is 115 Å². The molecule has 1 aromatic heterocycles. The Labute approximate surface area is 231 Å². The fraction of sp³-hybridized carbons (Fsp3) is 0.0541. The molecule has 3 heteroatoms. The third kappa shape index (κ3) is 3.05. The van der Waals surface area contributed by atoms with Crippen LogP contribution in [0, 0.1) is 0 Å². The fourth-order valence-electron chi connectivity index (χ4n) is 6.64. The number of pyridine rings is 1. The highest BCUT2D eigenvalue weighted by Crippen LogP contribution is 2.54. The molecule has 0 bridgehead atoms. The highest BCUT2D eigenvalue weighted by Gasteiger charge is 2.52. The Morgan fingerprint density at radius 1 is 0.450 bits per heavy atom. The number of para-hydroxylation sites is 1. The molecule has 2 atom stereocenters. The molecule has 3 nitrogen and oxygen atoms in total. The summed E-state index contributed by atoms with van der Waals surface area (Å²) in [6.45, 7) is 0. The van der Waals surface area contributed by atoms with Gasteiger partial charge in [-0.05, 0) is 62.0 Å². The van der Waals surface area contributed by atoms with E-state index in [0.29, 0.717) is 22.3 Å². The quantitative estimate of drug-likeness (QED) is 0.252. The average molecular weight is 516 g/mol. The lowest BCUT2D eigenvalue weighted by Crippen LogP contribution is -2.44. The van der Waals surface area contributed by atoms with Crippen LogP contribution in [0.4, 0.5) is 0 Å². The number of aromatic nitrogens is 1. The summed E-state index contributed by atoms with van der Waals surface area (Å²) in [5, 5.41) is 31.2. The van der Waals surface area contributed by atoms with Gasteiger partial charge in [0.25, 0.3) is 0 Å². The summed E-state index contributed by atoms with van der Waals surface area (Å²) in [4.78, 5) is 4.79. The van der Waals surface area contributed by atoms with Crippen molar-refractivity contribution in [1.82, 2.24) is 4.98 Å². The van der Waals surface area contributed by atoms with E-state index >= 15 is 0 Å². The lowest BCUT2D eigenvalue weighted by molar-refractivity contribution is 0.0759. The Morgan fingerprint density at radius 3 is 1.60 bits per heavy atom. The molecular formula is C37H25NO2. The summed E-state index contributed by atoms with van der Waals surface area (Å²) in [5.41, 5.74) is 1.72. The second-order valence-corrected chi connectivity index (χ2v) is 10.7. The highest BCUT2D eigenvalue weighted by molar-refractivity contribution is 5.90. The van der Waals surface area contributed by atoms with E-state index in [2.05, 4.69) is 36.4 Å². The Balaban J connectivity index is 1.52. The molecule has 1 heterocycles. The third-order valence-electron chi connectivity index (χ3n) is 8.57. The Hall–Kier alpha value is -4.83. The topological polar surface area (TPSA) is 53.4 Å². The van der Waals surface area contributed by atoms with Gasteiger partial charge in [-0.25, -0.2) is 0 Å². The van der Waals surface area contributed by atoms with Crippen LogP contribution in [0.2, 0.25) is 0 Å². The Kier molecular flexibility index (Phi) is 4.81. The number of hydrogen-bond donors (Lipinski definition) is 2. The van der Waals surface area contributed by atoms with Gasteiger partial charge in [0.15, 0.2) is 0 Å². The number of benzene rings is 6.